The summed E-state index contributed by atoms with van der Waals surface area (Å²) in [6, 6.07) is 0. The zero-order valence-electron chi connectivity index (χ0n) is 20.9. The highest BCUT2D eigenvalue weighted by atomic mass is 16.5. The SMILES string of the molecule is C=C1[C@@H](CC(=O)OCC)C[C@H]2C[C@@H]1C2(C)C.CCOC(=O)C[C@H]1C[C@H]2C[C@@H](C1=O)C2(C)C. The average molecular weight is 447 g/mol. The van der Waals surface area contributed by atoms with Gasteiger partial charge >= 0.3 is 11.9 Å². The highest BCUT2D eigenvalue weighted by molar-refractivity contribution is 5.89. The maximum absolute atomic E-state index is 12.1. The topological polar surface area (TPSA) is 69.7 Å². The van der Waals surface area contributed by atoms with Crippen molar-refractivity contribution in [3.05, 3.63) is 12.2 Å². The minimum absolute atomic E-state index is 0.0623. The number of rotatable bonds is 6. The Kier molecular flexibility index (Phi) is 7.26. The van der Waals surface area contributed by atoms with Crippen molar-refractivity contribution in [2.45, 2.75) is 80.1 Å². The number of fused-ring (bicyclic) bond motifs is 4. The Hall–Kier alpha value is -1.65. The first kappa shape index (κ1) is 25.0. The molecule has 0 spiro atoms. The molecule has 6 fully saturated rings. The smallest absolute Gasteiger partial charge is 0.306 e. The van der Waals surface area contributed by atoms with Crippen LogP contribution in [0.3, 0.4) is 0 Å². The molecule has 0 aromatic rings. The van der Waals surface area contributed by atoms with Crippen LogP contribution in [-0.2, 0) is 23.9 Å². The predicted octanol–water partition coefficient (Wildman–Crippen LogP) is 5.37. The molecule has 180 valence electrons. The van der Waals surface area contributed by atoms with Gasteiger partial charge in [0, 0.05) is 11.8 Å². The van der Waals surface area contributed by atoms with Crippen LogP contribution in [0.25, 0.3) is 0 Å². The third kappa shape index (κ3) is 4.54. The summed E-state index contributed by atoms with van der Waals surface area (Å²) >= 11 is 0. The normalized spacial score (nSPS) is 35.4. The number of carbonyl (C=O) groups is 3. The fourth-order valence-corrected chi connectivity index (χ4v) is 6.71. The van der Waals surface area contributed by atoms with Crippen LogP contribution < -0.4 is 0 Å². The predicted molar refractivity (Wildman–Crippen MR) is 124 cm³/mol. The van der Waals surface area contributed by atoms with E-state index in [9.17, 15) is 14.4 Å². The number of hydrogen-bond donors (Lipinski definition) is 0. The maximum Gasteiger partial charge on any atom is 0.306 e. The third-order valence-electron chi connectivity index (χ3n) is 9.23. The molecule has 5 nitrogen and oxygen atoms in total. The minimum Gasteiger partial charge on any atom is -0.466 e. The molecule has 0 aromatic heterocycles. The lowest BCUT2D eigenvalue weighted by Gasteiger charge is -2.60. The van der Waals surface area contributed by atoms with E-state index in [0.717, 1.165) is 25.2 Å². The van der Waals surface area contributed by atoms with Gasteiger partial charge in [0.25, 0.3) is 0 Å². The maximum atomic E-state index is 12.1. The Morgan fingerprint density at radius 2 is 1.25 bits per heavy atom. The lowest BCUT2D eigenvalue weighted by Crippen LogP contribution is -2.56. The van der Waals surface area contributed by atoms with Crippen LogP contribution in [0.5, 0.6) is 0 Å². The van der Waals surface area contributed by atoms with Gasteiger partial charge in [-0.15, -0.1) is 0 Å². The van der Waals surface area contributed by atoms with Crippen LogP contribution in [0.4, 0.5) is 0 Å². The second-order valence-corrected chi connectivity index (χ2v) is 11.5. The largest absolute Gasteiger partial charge is 0.466 e. The highest BCUT2D eigenvalue weighted by Gasteiger charge is 2.57. The molecule has 6 saturated carbocycles. The van der Waals surface area contributed by atoms with Crippen molar-refractivity contribution in [2.24, 2.45) is 46.3 Å². The fraction of sp³-hybridized carbons (Fsp3) is 0.815. The van der Waals surface area contributed by atoms with Crippen LogP contribution >= 0.6 is 0 Å². The van der Waals surface area contributed by atoms with Gasteiger partial charge in [-0.2, -0.15) is 0 Å². The van der Waals surface area contributed by atoms with Crippen LogP contribution in [0.1, 0.15) is 80.1 Å². The molecule has 0 aromatic carbocycles. The second-order valence-electron chi connectivity index (χ2n) is 11.5. The van der Waals surface area contributed by atoms with Crippen LogP contribution in [0.15, 0.2) is 12.2 Å². The number of allylic oxidation sites excluding steroid dienone is 1. The molecule has 0 unspecified atom stereocenters. The van der Waals surface area contributed by atoms with Crippen LogP contribution in [0.2, 0.25) is 0 Å². The molecule has 0 N–H and O–H groups in total. The Balaban J connectivity index is 0.000000181. The molecule has 6 rings (SSSR count). The molecule has 32 heavy (non-hydrogen) atoms. The van der Waals surface area contributed by atoms with Crippen LogP contribution in [-0.4, -0.2) is 30.9 Å². The minimum atomic E-state index is -0.222. The van der Waals surface area contributed by atoms with Gasteiger partial charge in [-0.25, -0.2) is 0 Å². The number of hydrogen-bond acceptors (Lipinski definition) is 5. The third-order valence-corrected chi connectivity index (χ3v) is 9.23. The molecule has 4 bridgehead atoms. The van der Waals surface area contributed by atoms with E-state index in [1.165, 1.54) is 12.0 Å². The quantitative estimate of drug-likeness (QED) is 0.405. The fourth-order valence-electron chi connectivity index (χ4n) is 6.71. The molecular weight excluding hydrogens is 404 g/mol. The summed E-state index contributed by atoms with van der Waals surface area (Å²) in [6.45, 7) is 17.8. The van der Waals surface area contributed by atoms with Crippen molar-refractivity contribution >= 4 is 17.7 Å². The van der Waals surface area contributed by atoms with Gasteiger partial charge < -0.3 is 9.47 Å². The number of carbonyl (C=O) groups excluding carboxylic acids is 3. The van der Waals surface area contributed by atoms with Gasteiger partial charge in [0.15, 0.2) is 0 Å². The first-order valence-electron chi connectivity index (χ1n) is 12.5. The summed E-state index contributed by atoms with van der Waals surface area (Å²) in [4.78, 5) is 35.0. The zero-order chi connectivity index (χ0) is 23.8. The van der Waals surface area contributed by atoms with Crippen molar-refractivity contribution in [1.29, 1.82) is 0 Å². The van der Waals surface area contributed by atoms with E-state index in [4.69, 9.17) is 9.47 Å². The summed E-state index contributed by atoms with van der Waals surface area (Å²) in [5.74, 6) is 2.52. The summed E-state index contributed by atoms with van der Waals surface area (Å²) in [6.07, 6.45) is 5.14. The number of ether oxygens (including phenoxy) is 2. The van der Waals surface area contributed by atoms with Gasteiger partial charge in [0.2, 0.25) is 0 Å². The Bertz CT molecular complexity index is 700. The summed E-state index contributed by atoms with van der Waals surface area (Å²) in [7, 11) is 0. The molecule has 0 amide bonds. The van der Waals surface area contributed by atoms with Gasteiger partial charge in [0.1, 0.15) is 5.78 Å². The van der Waals surface area contributed by atoms with E-state index in [1.54, 1.807) is 6.92 Å². The molecule has 0 radical (unpaired) electrons. The Morgan fingerprint density at radius 1 is 0.812 bits per heavy atom. The Morgan fingerprint density at radius 3 is 1.66 bits per heavy atom. The van der Waals surface area contributed by atoms with Crippen LogP contribution in [0, 0.1) is 46.3 Å². The van der Waals surface area contributed by atoms with Crippen molar-refractivity contribution in [2.75, 3.05) is 13.2 Å². The van der Waals surface area contributed by atoms with Crippen molar-refractivity contribution in [1.82, 2.24) is 0 Å². The van der Waals surface area contributed by atoms with E-state index in [1.807, 2.05) is 6.92 Å². The van der Waals surface area contributed by atoms with Gasteiger partial charge in [-0.1, -0.05) is 39.8 Å². The molecule has 0 saturated heterocycles. The van der Waals surface area contributed by atoms with Crippen molar-refractivity contribution in [3.63, 3.8) is 0 Å². The lowest BCUT2D eigenvalue weighted by atomic mass is 9.45. The van der Waals surface area contributed by atoms with E-state index in [2.05, 4.69) is 34.3 Å². The zero-order valence-corrected chi connectivity index (χ0v) is 20.9. The number of Topliss-reactive ketones (excluding diaryl/α,β-unsaturated/α-hetero) is 1. The Labute approximate surface area is 193 Å². The van der Waals surface area contributed by atoms with E-state index >= 15 is 0 Å². The first-order valence-corrected chi connectivity index (χ1v) is 12.5. The summed E-state index contributed by atoms with van der Waals surface area (Å²) in [5, 5.41) is 0. The molecule has 6 atom stereocenters. The summed E-state index contributed by atoms with van der Waals surface area (Å²) < 4.78 is 9.92. The molecule has 5 heteroatoms. The first-order chi connectivity index (χ1) is 14.9. The van der Waals surface area contributed by atoms with Crippen molar-refractivity contribution < 1.29 is 23.9 Å². The summed E-state index contributed by atoms with van der Waals surface area (Å²) in [5.41, 5.74) is 1.88. The molecular formula is C27H42O5. The lowest BCUT2D eigenvalue weighted by molar-refractivity contribution is -0.162. The number of ketones is 1. The molecule has 0 aliphatic heterocycles. The standard InChI is InChI=1S/C14H22O2.C13H20O3/c1-5-16-13(15)7-10-6-11-8-12(9(10)2)14(11,3)4;1-4-16-11(14)6-8-5-9-7-10(12(8)15)13(9,2)3/h10-12H,2,5-8H2,1,3-4H3;8-10H,4-7H2,1-3H3/t10-,11+,12+;8-,9+,10+/m11/s1. The van der Waals surface area contributed by atoms with Gasteiger partial charge in [0.05, 0.1) is 26.1 Å². The van der Waals surface area contributed by atoms with Gasteiger partial charge in [-0.3, -0.25) is 14.4 Å². The van der Waals surface area contributed by atoms with E-state index < -0.39 is 0 Å². The van der Waals surface area contributed by atoms with E-state index in [-0.39, 0.29) is 35.6 Å². The van der Waals surface area contributed by atoms with Crippen molar-refractivity contribution in [3.8, 4) is 0 Å². The van der Waals surface area contributed by atoms with E-state index in [0.29, 0.717) is 48.6 Å². The molecule has 6 aliphatic rings. The average Bonchev–Trinajstić information content (AvgIpc) is 2.71. The monoisotopic (exact) mass is 446 g/mol. The highest BCUT2D eigenvalue weighted by Crippen LogP contribution is 2.63. The van der Waals surface area contributed by atoms with Gasteiger partial charge in [-0.05, 0) is 74.0 Å². The molecule has 0 heterocycles. The molecule has 6 aliphatic carbocycles. The number of esters is 2. The second kappa shape index (κ2) is 9.30.